The Balaban J connectivity index is 1.92. The molecule has 0 radical (unpaired) electrons. The molecule has 2 aliphatic rings. The number of likely N-dealkylation sites (tertiary alicyclic amines) is 1. The van der Waals surface area contributed by atoms with E-state index in [1.54, 1.807) is 0 Å². The summed E-state index contributed by atoms with van der Waals surface area (Å²) >= 11 is 0. The molecule has 0 spiro atoms. The number of carbonyl (C=O) groups is 2. The van der Waals surface area contributed by atoms with E-state index in [4.69, 9.17) is 5.11 Å². The van der Waals surface area contributed by atoms with E-state index >= 15 is 0 Å². The molecule has 2 atom stereocenters. The Labute approximate surface area is 137 Å². The van der Waals surface area contributed by atoms with Crippen LogP contribution in [0.25, 0.3) is 0 Å². The highest BCUT2D eigenvalue weighted by Gasteiger charge is 2.34. The first-order valence-electron chi connectivity index (χ1n) is 8.23. The molecular formula is C15H26N2O5S. The predicted octanol–water partition coefficient (Wildman–Crippen LogP) is 0.761. The number of nitrogens with zero attached hydrogens (tertiary/aromatic N) is 2. The van der Waals surface area contributed by atoms with Crippen LogP contribution in [0.5, 0.6) is 0 Å². The van der Waals surface area contributed by atoms with Crippen molar-refractivity contribution in [3.8, 4) is 0 Å². The molecular weight excluding hydrogens is 320 g/mol. The van der Waals surface area contributed by atoms with Crippen LogP contribution in [-0.4, -0.2) is 67.0 Å². The summed E-state index contributed by atoms with van der Waals surface area (Å²) in [5.74, 6) is -0.807. The molecule has 0 aromatic carbocycles. The maximum atomic E-state index is 12.7. The van der Waals surface area contributed by atoms with E-state index in [0.717, 1.165) is 19.3 Å². The molecule has 2 saturated heterocycles. The molecule has 2 aliphatic heterocycles. The largest absolute Gasteiger partial charge is 0.481 e. The minimum absolute atomic E-state index is 0.0263. The lowest BCUT2D eigenvalue weighted by atomic mass is 9.91. The number of sulfonamides is 1. The van der Waals surface area contributed by atoms with Crippen molar-refractivity contribution in [2.24, 2.45) is 11.8 Å². The fraction of sp³-hybridized carbons (Fsp3) is 0.867. The first-order valence-corrected chi connectivity index (χ1v) is 10.1. The van der Waals surface area contributed by atoms with E-state index < -0.39 is 16.0 Å². The molecule has 7 nitrogen and oxygen atoms in total. The van der Waals surface area contributed by atoms with Crippen LogP contribution in [0.2, 0.25) is 0 Å². The quantitative estimate of drug-likeness (QED) is 0.793. The van der Waals surface area contributed by atoms with Gasteiger partial charge in [0, 0.05) is 32.6 Å². The van der Waals surface area contributed by atoms with Crippen molar-refractivity contribution in [3.63, 3.8) is 0 Å². The summed E-state index contributed by atoms with van der Waals surface area (Å²) < 4.78 is 24.7. The van der Waals surface area contributed by atoms with E-state index in [1.807, 2.05) is 4.90 Å². The molecule has 23 heavy (non-hydrogen) atoms. The number of carboxylic acids is 1. The zero-order valence-corrected chi connectivity index (χ0v) is 14.4. The van der Waals surface area contributed by atoms with Crippen LogP contribution < -0.4 is 0 Å². The van der Waals surface area contributed by atoms with Crippen LogP contribution in [-0.2, 0) is 19.6 Å². The van der Waals surface area contributed by atoms with Gasteiger partial charge >= 0.3 is 5.97 Å². The third-order valence-electron chi connectivity index (χ3n) is 4.80. The summed E-state index contributed by atoms with van der Waals surface area (Å²) in [4.78, 5) is 25.2. The van der Waals surface area contributed by atoms with Crippen LogP contribution in [0.15, 0.2) is 0 Å². The highest BCUT2D eigenvalue weighted by Crippen LogP contribution is 2.26. The predicted molar refractivity (Wildman–Crippen MR) is 85.3 cm³/mol. The summed E-state index contributed by atoms with van der Waals surface area (Å²) in [6, 6.07) is 0. The summed E-state index contributed by atoms with van der Waals surface area (Å²) in [5.41, 5.74) is 0. The maximum absolute atomic E-state index is 12.7. The molecule has 1 N–H and O–H groups in total. The smallest absolute Gasteiger partial charge is 0.303 e. The lowest BCUT2D eigenvalue weighted by Gasteiger charge is -2.37. The van der Waals surface area contributed by atoms with Crippen LogP contribution in [0.4, 0.5) is 0 Å². The average molecular weight is 346 g/mol. The summed E-state index contributed by atoms with van der Waals surface area (Å²) in [6.07, 6.45) is 5.19. The Morgan fingerprint density at radius 3 is 2.48 bits per heavy atom. The van der Waals surface area contributed by atoms with Crippen LogP contribution in [0, 0.1) is 11.8 Å². The summed E-state index contributed by atoms with van der Waals surface area (Å²) in [5, 5.41) is 8.79. The van der Waals surface area contributed by atoms with Crippen LogP contribution in [0.1, 0.15) is 38.5 Å². The Morgan fingerprint density at radius 2 is 1.83 bits per heavy atom. The SMILES string of the molecule is CS(=O)(=O)N1CCC[C@@H](C(=O)N2CCC[C@H](CCC(=O)O)C2)C1. The minimum Gasteiger partial charge on any atom is -0.481 e. The molecule has 0 saturated carbocycles. The van der Waals surface area contributed by atoms with Gasteiger partial charge in [-0.3, -0.25) is 9.59 Å². The zero-order valence-electron chi connectivity index (χ0n) is 13.6. The maximum Gasteiger partial charge on any atom is 0.303 e. The second kappa shape index (κ2) is 7.61. The second-order valence-corrected chi connectivity index (χ2v) is 8.67. The first-order chi connectivity index (χ1) is 10.8. The van der Waals surface area contributed by atoms with Crippen molar-refractivity contribution in [2.45, 2.75) is 38.5 Å². The Morgan fingerprint density at radius 1 is 1.13 bits per heavy atom. The van der Waals surface area contributed by atoms with Gasteiger partial charge in [-0.25, -0.2) is 12.7 Å². The number of rotatable bonds is 5. The molecule has 0 aromatic rings. The van der Waals surface area contributed by atoms with Crippen molar-refractivity contribution < 1.29 is 23.1 Å². The fourth-order valence-corrected chi connectivity index (χ4v) is 4.44. The Kier molecular flexibility index (Phi) is 6.02. The van der Waals surface area contributed by atoms with E-state index in [1.165, 1.54) is 10.6 Å². The van der Waals surface area contributed by atoms with Crippen molar-refractivity contribution >= 4 is 21.9 Å². The fourth-order valence-electron chi connectivity index (χ4n) is 3.53. The Bertz CT molecular complexity index is 548. The molecule has 132 valence electrons. The van der Waals surface area contributed by atoms with Crippen molar-refractivity contribution in [1.29, 1.82) is 0 Å². The zero-order chi connectivity index (χ0) is 17.0. The molecule has 0 aromatic heterocycles. The van der Waals surface area contributed by atoms with Gasteiger partial charge in [0.05, 0.1) is 12.2 Å². The molecule has 2 fully saturated rings. The lowest BCUT2D eigenvalue weighted by molar-refractivity contribution is -0.138. The molecule has 0 aliphatic carbocycles. The van der Waals surface area contributed by atoms with Crippen LogP contribution >= 0.6 is 0 Å². The monoisotopic (exact) mass is 346 g/mol. The highest BCUT2D eigenvalue weighted by molar-refractivity contribution is 7.88. The highest BCUT2D eigenvalue weighted by atomic mass is 32.2. The van der Waals surface area contributed by atoms with E-state index in [2.05, 4.69) is 0 Å². The van der Waals surface area contributed by atoms with Crippen molar-refractivity contribution in [3.05, 3.63) is 0 Å². The first kappa shape index (κ1) is 18.2. The van der Waals surface area contributed by atoms with Gasteiger partial charge in [-0.05, 0) is 38.0 Å². The van der Waals surface area contributed by atoms with Gasteiger partial charge in [0.25, 0.3) is 0 Å². The second-order valence-electron chi connectivity index (χ2n) is 6.69. The number of aliphatic carboxylic acids is 1. The van der Waals surface area contributed by atoms with E-state index in [9.17, 15) is 18.0 Å². The average Bonchev–Trinajstić information content (AvgIpc) is 2.52. The van der Waals surface area contributed by atoms with Gasteiger partial charge in [-0.15, -0.1) is 0 Å². The number of carboxylic acid groups (broad SMARTS) is 1. The van der Waals surface area contributed by atoms with Crippen molar-refractivity contribution in [1.82, 2.24) is 9.21 Å². The van der Waals surface area contributed by atoms with E-state index in [0.29, 0.717) is 32.5 Å². The number of hydrogen-bond acceptors (Lipinski definition) is 4. The number of amides is 1. The molecule has 2 heterocycles. The standard InChI is InChI=1S/C15H26N2O5S/c1-23(21,22)17-9-3-5-13(11-17)15(20)16-8-2-4-12(10-16)6-7-14(18)19/h12-13H,2-11H2,1H3,(H,18,19)/t12-,13-/m1/s1. The van der Waals surface area contributed by atoms with E-state index in [-0.39, 0.29) is 30.7 Å². The van der Waals surface area contributed by atoms with Gasteiger partial charge in [0.1, 0.15) is 0 Å². The number of hydrogen-bond donors (Lipinski definition) is 1. The third kappa shape index (κ3) is 5.17. The molecule has 0 unspecified atom stereocenters. The van der Waals surface area contributed by atoms with Crippen molar-refractivity contribution in [2.75, 3.05) is 32.4 Å². The van der Waals surface area contributed by atoms with Crippen LogP contribution in [0.3, 0.4) is 0 Å². The Hall–Kier alpha value is -1.15. The van der Waals surface area contributed by atoms with Gasteiger partial charge in [-0.2, -0.15) is 0 Å². The third-order valence-corrected chi connectivity index (χ3v) is 6.07. The molecule has 8 heteroatoms. The van der Waals surface area contributed by atoms with Gasteiger partial charge in [0.2, 0.25) is 15.9 Å². The molecule has 2 rings (SSSR count). The summed E-state index contributed by atoms with van der Waals surface area (Å²) in [6.45, 7) is 2.05. The van der Waals surface area contributed by atoms with Gasteiger partial charge in [-0.1, -0.05) is 0 Å². The van der Waals surface area contributed by atoms with Gasteiger partial charge in [0.15, 0.2) is 0 Å². The lowest BCUT2D eigenvalue weighted by Crippen LogP contribution is -2.49. The molecule has 1 amide bonds. The normalized spacial score (nSPS) is 26.9. The number of carbonyl (C=O) groups excluding carboxylic acids is 1. The van der Waals surface area contributed by atoms with Gasteiger partial charge < -0.3 is 10.0 Å². The molecule has 0 bridgehead atoms. The topological polar surface area (TPSA) is 95.0 Å². The number of piperidine rings is 2. The summed E-state index contributed by atoms with van der Waals surface area (Å²) in [7, 11) is -3.25. The minimum atomic E-state index is -3.25.